The molecule has 2 aliphatic heterocycles. The molecule has 0 radical (unpaired) electrons. The van der Waals surface area contributed by atoms with Gasteiger partial charge in [0, 0.05) is 39.0 Å². The summed E-state index contributed by atoms with van der Waals surface area (Å²) < 4.78 is 0. The minimum Gasteiger partial charge on any atom is -0.392 e. The van der Waals surface area contributed by atoms with Gasteiger partial charge in [-0.3, -0.25) is 24.0 Å². The summed E-state index contributed by atoms with van der Waals surface area (Å²) in [6.07, 6.45) is 4.12. The molecule has 3 amide bonds. The number of nitrogens with zero attached hydrogens (tertiary/aromatic N) is 2. The number of benzene rings is 2. The number of carbonyl (C=O) groups is 5. The number of carbonyl (C=O) groups excluding carboxylic acids is 5. The van der Waals surface area contributed by atoms with Crippen LogP contribution in [-0.2, 0) is 25.8 Å². The molecular formula is C32H43Cl2N3O6. The summed E-state index contributed by atoms with van der Waals surface area (Å²) in [7, 11) is 1.62. The molecule has 0 bridgehead atoms. The molecule has 2 fully saturated rings. The van der Waals surface area contributed by atoms with E-state index < -0.39 is 0 Å². The van der Waals surface area contributed by atoms with E-state index in [1.165, 1.54) is 6.92 Å². The fraction of sp³-hybridized carbons (Fsp3) is 0.469. The molecule has 9 nitrogen and oxygen atoms in total. The second-order valence-corrected chi connectivity index (χ2v) is 10.9. The first-order valence-electron chi connectivity index (χ1n) is 14.3. The zero-order chi connectivity index (χ0) is 32.5. The number of Topliss-reactive ketones (excluding diaryl/α,β-unsaturated/α-hetero) is 2. The van der Waals surface area contributed by atoms with Crippen molar-refractivity contribution in [3.8, 4) is 0 Å². The average molecular weight is 637 g/mol. The van der Waals surface area contributed by atoms with Crippen molar-refractivity contribution in [1.29, 1.82) is 0 Å². The lowest BCUT2D eigenvalue weighted by molar-refractivity contribution is -0.136. The molecular weight excluding hydrogens is 593 g/mol. The largest absolute Gasteiger partial charge is 0.392 e. The summed E-state index contributed by atoms with van der Waals surface area (Å²) in [4.78, 5) is 58.6. The number of ketones is 2. The fourth-order valence-corrected chi connectivity index (χ4v) is 4.95. The van der Waals surface area contributed by atoms with Crippen LogP contribution in [0, 0.1) is 0 Å². The van der Waals surface area contributed by atoms with Crippen LogP contribution >= 0.6 is 23.2 Å². The molecule has 2 aromatic carbocycles. The van der Waals surface area contributed by atoms with Crippen LogP contribution in [0.1, 0.15) is 75.7 Å². The molecule has 2 unspecified atom stereocenters. The number of likely N-dealkylation sites (tertiary alicyclic amines) is 2. The summed E-state index contributed by atoms with van der Waals surface area (Å²) >= 11 is 11.3. The number of rotatable bonds is 5. The maximum absolute atomic E-state index is 11.3. The van der Waals surface area contributed by atoms with Crippen LogP contribution in [0.4, 0.5) is 0 Å². The Labute approximate surface area is 264 Å². The highest BCUT2D eigenvalue weighted by atomic mass is 35.5. The predicted molar refractivity (Wildman–Crippen MR) is 169 cm³/mol. The highest BCUT2D eigenvalue weighted by Crippen LogP contribution is 2.22. The Balaban J connectivity index is 0.000000287. The summed E-state index contributed by atoms with van der Waals surface area (Å²) in [6, 6.07) is 13.9. The summed E-state index contributed by atoms with van der Waals surface area (Å²) in [6.45, 7) is 7.96. The summed E-state index contributed by atoms with van der Waals surface area (Å²) in [5.74, 6) is 0.308. The van der Waals surface area contributed by atoms with E-state index >= 15 is 0 Å². The van der Waals surface area contributed by atoms with Crippen LogP contribution in [0.25, 0.3) is 0 Å². The molecule has 0 saturated carbocycles. The Morgan fingerprint density at radius 1 is 0.837 bits per heavy atom. The monoisotopic (exact) mass is 635 g/mol. The Hall–Kier alpha value is -3.27. The third-order valence-electron chi connectivity index (χ3n) is 6.90. The van der Waals surface area contributed by atoms with Gasteiger partial charge in [-0.1, -0.05) is 54.4 Å². The van der Waals surface area contributed by atoms with Gasteiger partial charge in [-0.25, -0.2) is 0 Å². The van der Waals surface area contributed by atoms with Gasteiger partial charge in [-0.05, 0) is 69.4 Å². The van der Waals surface area contributed by atoms with E-state index in [9.17, 15) is 24.0 Å². The maximum Gasteiger partial charge on any atom is 0.251 e. The van der Waals surface area contributed by atoms with Gasteiger partial charge in [0.25, 0.3) is 5.91 Å². The van der Waals surface area contributed by atoms with E-state index in [1.54, 1.807) is 61.0 Å². The second kappa shape index (κ2) is 19.8. The number of aliphatic hydroxyl groups excluding tert-OH is 1. The molecule has 2 atom stereocenters. The van der Waals surface area contributed by atoms with Crippen LogP contribution in [0.5, 0.6) is 0 Å². The van der Waals surface area contributed by atoms with Gasteiger partial charge in [-0.2, -0.15) is 0 Å². The first-order valence-corrected chi connectivity index (χ1v) is 15.0. The van der Waals surface area contributed by atoms with Crippen LogP contribution in [-0.4, -0.2) is 76.4 Å². The number of nitrogens with one attached hydrogen (secondary N) is 1. The van der Waals surface area contributed by atoms with Crippen molar-refractivity contribution in [2.45, 2.75) is 78.5 Å². The number of hydrogen-bond donors (Lipinski definition) is 2. The first-order chi connectivity index (χ1) is 20.4. The average Bonchev–Trinajstić information content (AvgIpc) is 3.70. The molecule has 2 aromatic rings. The lowest BCUT2D eigenvalue weighted by Crippen LogP contribution is -2.39. The topological polar surface area (TPSA) is 124 Å². The van der Waals surface area contributed by atoms with Crippen molar-refractivity contribution >= 4 is 52.5 Å². The molecule has 236 valence electrons. The number of hydrogen-bond acceptors (Lipinski definition) is 6. The van der Waals surface area contributed by atoms with Crippen LogP contribution < -0.4 is 5.32 Å². The van der Waals surface area contributed by atoms with Crippen molar-refractivity contribution in [2.75, 3.05) is 20.1 Å². The molecule has 0 aliphatic carbocycles. The van der Waals surface area contributed by atoms with E-state index in [-0.39, 0.29) is 48.0 Å². The van der Waals surface area contributed by atoms with Gasteiger partial charge in [0.15, 0.2) is 11.6 Å². The van der Waals surface area contributed by atoms with Crippen molar-refractivity contribution in [3.05, 3.63) is 69.7 Å². The van der Waals surface area contributed by atoms with E-state index in [0.29, 0.717) is 22.0 Å². The fourth-order valence-electron chi connectivity index (χ4n) is 4.63. The Morgan fingerprint density at radius 2 is 1.37 bits per heavy atom. The molecule has 0 spiro atoms. The van der Waals surface area contributed by atoms with Crippen molar-refractivity contribution in [1.82, 2.24) is 15.1 Å². The Morgan fingerprint density at radius 3 is 1.79 bits per heavy atom. The predicted octanol–water partition coefficient (Wildman–Crippen LogP) is 5.09. The molecule has 43 heavy (non-hydrogen) atoms. The van der Waals surface area contributed by atoms with E-state index in [1.807, 2.05) is 25.1 Å². The molecule has 11 heteroatoms. The van der Waals surface area contributed by atoms with Gasteiger partial charge in [0.1, 0.15) is 0 Å². The number of amides is 3. The third-order valence-corrected chi connectivity index (χ3v) is 7.64. The molecule has 2 heterocycles. The minimum atomic E-state index is -0.132. The minimum absolute atomic E-state index is 0.00309. The third kappa shape index (κ3) is 12.9. The van der Waals surface area contributed by atoms with Gasteiger partial charge in [-0.15, -0.1) is 0 Å². The molecule has 0 aromatic heterocycles. The number of halogens is 2. The van der Waals surface area contributed by atoms with Crippen molar-refractivity contribution in [3.63, 3.8) is 0 Å². The Bertz CT molecular complexity index is 1200. The standard InChI is InChI=1S/C9H15NO2.C8H13NO2.C8H9NO.C7H6Cl2O/c1-3-9(12)10-6-4-5-8(10)7(2)11;1-6(10)8-4-3-5-9(8)7(2)11;1-9-8(10)7-5-3-2-4-6-7;8-6-2-1-5(4-10)3-7(6)9/h8H,3-6H2,1-2H3;8H,3-5H2,1-2H3;2-6H,1H3,(H,9,10);1-3,10H,4H2. The first kappa shape index (κ1) is 37.8. The molecule has 2 saturated heterocycles. The molecule has 2 N–H and O–H groups in total. The van der Waals surface area contributed by atoms with Gasteiger partial charge in [0.2, 0.25) is 11.8 Å². The second-order valence-electron chi connectivity index (χ2n) is 10.0. The number of aliphatic hydroxyl groups is 1. The van der Waals surface area contributed by atoms with Crippen LogP contribution in [0.2, 0.25) is 10.0 Å². The summed E-state index contributed by atoms with van der Waals surface area (Å²) in [5, 5.41) is 12.2. The normalized spacial score (nSPS) is 16.8. The van der Waals surface area contributed by atoms with Gasteiger partial charge in [0.05, 0.1) is 28.7 Å². The molecule has 4 rings (SSSR count). The van der Waals surface area contributed by atoms with Crippen LogP contribution in [0.3, 0.4) is 0 Å². The smallest absolute Gasteiger partial charge is 0.251 e. The van der Waals surface area contributed by atoms with Gasteiger partial charge >= 0.3 is 0 Å². The highest BCUT2D eigenvalue weighted by Gasteiger charge is 2.31. The van der Waals surface area contributed by atoms with Crippen molar-refractivity contribution < 1.29 is 29.1 Å². The van der Waals surface area contributed by atoms with E-state index in [0.717, 1.165) is 44.3 Å². The quantitative estimate of drug-likeness (QED) is 0.471. The zero-order valence-corrected chi connectivity index (χ0v) is 27.1. The summed E-state index contributed by atoms with van der Waals surface area (Å²) in [5.41, 5.74) is 1.47. The lowest BCUT2D eigenvalue weighted by atomic mass is 10.1. The zero-order valence-electron chi connectivity index (χ0n) is 25.6. The maximum atomic E-state index is 11.3. The van der Waals surface area contributed by atoms with E-state index in [4.69, 9.17) is 28.3 Å². The SMILES string of the molecule is CC(=O)C1CCCN1C(C)=O.CCC(=O)N1CCCC1C(C)=O.CNC(=O)c1ccccc1.OCc1ccc(Cl)c(Cl)c1. The highest BCUT2D eigenvalue weighted by molar-refractivity contribution is 6.42. The molecule has 2 aliphatic rings. The van der Waals surface area contributed by atoms with Crippen molar-refractivity contribution in [2.24, 2.45) is 0 Å². The Kier molecular flexibility index (Phi) is 17.4. The lowest BCUT2D eigenvalue weighted by Gasteiger charge is -2.21. The van der Waals surface area contributed by atoms with Crippen LogP contribution in [0.15, 0.2) is 48.5 Å². The van der Waals surface area contributed by atoms with Gasteiger partial charge < -0.3 is 20.2 Å². The van der Waals surface area contributed by atoms with E-state index in [2.05, 4.69) is 5.32 Å².